The smallest absolute Gasteiger partial charge is 0.230 e. The lowest BCUT2D eigenvalue weighted by molar-refractivity contribution is -0.127. The van der Waals surface area contributed by atoms with Crippen molar-refractivity contribution in [3.63, 3.8) is 0 Å². The van der Waals surface area contributed by atoms with E-state index < -0.39 is 0 Å². The second-order valence-corrected chi connectivity index (χ2v) is 7.45. The number of carbonyl (C=O) groups is 1. The van der Waals surface area contributed by atoms with Crippen molar-refractivity contribution in [3.8, 4) is 0 Å². The fourth-order valence-electron chi connectivity index (χ4n) is 2.79. The predicted molar refractivity (Wildman–Crippen MR) is 90.8 cm³/mol. The van der Waals surface area contributed by atoms with Gasteiger partial charge in [-0.3, -0.25) is 4.79 Å². The minimum atomic E-state index is -0.350. The Hall–Kier alpha value is -1.00. The number of amides is 1. The molecule has 2 rings (SSSR count). The molecule has 1 fully saturated rings. The number of benzene rings is 1. The molecule has 0 aromatic heterocycles. The van der Waals surface area contributed by atoms with Crippen LogP contribution in [0.25, 0.3) is 0 Å². The summed E-state index contributed by atoms with van der Waals surface area (Å²) in [5, 5.41) is 6.55. The first-order valence-electron chi connectivity index (χ1n) is 7.79. The van der Waals surface area contributed by atoms with E-state index in [0.717, 1.165) is 42.3 Å². The third-order valence-electron chi connectivity index (χ3n) is 4.34. The van der Waals surface area contributed by atoms with E-state index in [-0.39, 0.29) is 11.3 Å². The van der Waals surface area contributed by atoms with Crippen LogP contribution in [0, 0.1) is 11.3 Å². The number of anilines is 1. The quantitative estimate of drug-likeness (QED) is 0.814. The molecular weight excluding hydrogens is 280 g/mol. The van der Waals surface area contributed by atoms with Gasteiger partial charge in [-0.25, -0.2) is 0 Å². The highest BCUT2D eigenvalue weighted by Gasteiger charge is 2.37. The predicted octanol–water partition coefficient (Wildman–Crippen LogP) is 3.76. The van der Waals surface area contributed by atoms with E-state index in [0.29, 0.717) is 5.92 Å². The molecule has 3 nitrogen and oxygen atoms in total. The van der Waals surface area contributed by atoms with Crippen molar-refractivity contribution in [1.29, 1.82) is 0 Å². The molecule has 0 bridgehead atoms. The summed E-state index contributed by atoms with van der Waals surface area (Å²) < 4.78 is 0. The maximum Gasteiger partial charge on any atom is 0.230 e. The molecule has 1 aromatic carbocycles. The zero-order valence-corrected chi connectivity index (χ0v) is 14.1. The van der Waals surface area contributed by atoms with Crippen LogP contribution in [0.1, 0.15) is 33.6 Å². The van der Waals surface area contributed by atoms with Gasteiger partial charge >= 0.3 is 0 Å². The van der Waals surface area contributed by atoms with Crippen molar-refractivity contribution < 1.29 is 4.79 Å². The Kier molecular flexibility index (Phi) is 5.71. The van der Waals surface area contributed by atoms with Crippen molar-refractivity contribution in [2.45, 2.75) is 38.5 Å². The maximum absolute atomic E-state index is 12.7. The number of rotatable bonds is 5. The van der Waals surface area contributed by atoms with E-state index in [1.165, 1.54) is 0 Å². The fraction of sp³-hybridized carbons (Fsp3) is 0.588. The molecule has 1 saturated heterocycles. The Morgan fingerprint density at radius 1 is 1.43 bits per heavy atom. The van der Waals surface area contributed by atoms with Crippen molar-refractivity contribution in [1.82, 2.24) is 5.32 Å². The molecule has 21 heavy (non-hydrogen) atoms. The number of para-hydroxylation sites is 1. The lowest BCUT2D eigenvalue weighted by atomic mass is 9.74. The maximum atomic E-state index is 12.7. The molecule has 0 spiro atoms. The van der Waals surface area contributed by atoms with Gasteiger partial charge < -0.3 is 10.6 Å². The highest BCUT2D eigenvalue weighted by atomic mass is 32.2. The van der Waals surface area contributed by atoms with E-state index in [1.54, 1.807) is 11.8 Å². The Morgan fingerprint density at radius 3 is 2.86 bits per heavy atom. The largest absolute Gasteiger partial charge is 0.325 e. The topological polar surface area (TPSA) is 41.1 Å². The molecule has 1 atom stereocenters. The number of thioether (sulfide) groups is 1. The van der Waals surface area contributed by atoms with E-state index in [2.05, 4.69) is 37.5 Å². The van der Waals surface area contributed by atoms with Gasteiger partial charge in [0.1, 0.15) is 0 Å². The van der Waals surface area contributed by atoms with Gasteiger partial charge in [-0.15, -0.1) is 11.8 Å². The monoisotopic (exact) mass is 306 g/mol. The number of hydrogen-bond donors (Lipinski definition) is 2. The number of hydrogen-bond acceptors (Lipinski definition) is 3. The lowest BCUT2D eigenvalue weighted by Gasteiger charge is -2.36. The summed E-state index contributed by atoms with van der Waals surface area (Å²) in [5.74, 6) is 1.53. The van der Waals surface area contributed by atoms with Crippen LogP contribution in [0.4, 0.5) is 5.69 Å². The number of carbonyl (C=O) groups excluding carboxylic acids is 1. The molecule has 116 valence electrons. The second kappa shape index (κ2) is 7.32. The summed E-state index contributed by atoms with van der Waals surface area (Å²) in [7, 11) is 0. The summed E-state index contributed by atoms with van der Waals surface area (Å²) in [6.45, 7) is 8.27. The summed E-state index contributed by atoms with van der Waals surface area (Å²) in [6, 6.07) is 8.05. The minimum absolute atomic E-state index is 0.125. The summed E-state index contributed by atoms with van der Waals surface area (Å²) in [4.78, 5) is 13.9. The zero-order valence-electron chi connectivity index (χ0n) is 13.2. The van der Waals surface area contributed by atoms with Gasteiger partial charge in [0.15, 0.2) is 0 Å². The van der Waals surface area contributed by atoms with E-state index in [1.807, 2.05) is 18.2 Å². The molecule has 0 radical (unpaired) electrons. The van der Waals surface area contributed by atoms with Crippen molar-refractivity contribution >= 4 is 23.4 Å². The standard InChI is InChI=1S/C17H26N2OS/c1-4-21-15-10-6-5-9-14(15)19-16(20)17(2,3)13-8-7-11-18-12-13/h5-6,9-10,13,18H,4,7-8,11-12H2,1-3H3,(H,19,20). The highest BCUT2D eigenvalue weighted by Crippen LogP contribution is 2.34. The summed E-state index contributed by atoms with van der Waals surface area (Å²) >= 11 is 1.76. The van der Waals surface area contributed by atoms with Gasteiger partial charge in [-0.1, -0.05) is 32.9 Å². The van der Waals surface area contributed by atoms with Gasteiger partial charge in [-0.05, 0) is 49.7 Å². The van der Waals surface area contributed by atoms with Crippen LogP contribution in [0.5, 0.6) is 0 Å². The van der Waals surface area contributed by atoms with Gasteiger partial charge in [0.25, 0.3) is 0 Å². The molecule has 1 aromatic rings. The van der Waals surface area contributed by atoms with Crippen LogP contribution in [0.15, 0.2) is 29.2 Å². The van der Waals surface area contributed by atoms with Crippen LogP contribution < -0.4 is 10.6 Å². The first-order valence-corrected chi connectivity index (χ1v) is 8.78. The van der Waals surface area contributed by atoms with Gasteiger partial charge in [0.05, 0.1) is 5.69 Å². The highest BCUT2D eigenvalue weighted by molar-refractivity contribution is 7.99. The third-order valence-corrected chi connectivity index (χ3v) is 5.29. The van der Waals surface area contributed by atoms with Crippen LogP contribution in [0.2, 0.25) is 0 Å². The van der Waals surface area contributed by atoms with Gasteiger partial charge in [-0.2, -0.15) is 0 Å². The lowest BCUT2D eigenvalue weighted by Crippen LogP contribution is -2.44. The molecule has 0 saturated carbocycles. The molecule has 0 aliphatic carbocycles. The zero-order chi connectivity index (χ0) is 15.3. The molecule has 4 heteroatoms. The summed E-state index contributed by atoms with van der Waals surface area (Å²) in [5.41, 5.74) is 0.587. The average Bonchev–Trinajstić information content (AvgIpc) is 2.50. The second-order valence-electron chi connectivity index (χ2n) is 6.15. The first kappa shape index (κ1) is 16.4. The van der Waals surface area contributed by atoms with Crippen LogP contribution in [-0.2, 0) is 4.79 Å². The van der Waals surface area contributed by atoms with Crippen LogP contribution >= 0.6 is 11.8 Å². The molecule has 2 N–H and O–H groups in total. The first-order chi connectivity index (χ1) is 10.1. The Morgan fingerprint density at radius 2 is 2.19 bits per heavy atom. The van der Waals surface area contributed by atoms with Gasteiger partial charge in [0, 0.05) is 10.3 Å². The molecule has 1 heterocycles. The number of piperidine rings is 1. The van der Waals surface area contributed by atoms with E-state index in [4.69, 9.17) is 0 Å². The molecule has 1 unspecified atom stereocenters. The van der Waals surface area contributed by atoms with Crippen LogP contribution in [0.3, 0.4) is 0 Å². The van der Waals surface area contributed by atoms with Crippen LogP contribution in [-0.4, -0.2) is 24.7 Å². The SMILES string of the molecule is CCSc1ccccc1NC(=O)C(C)(C)C1CCCNC1. The fourth-order valence-corrected chi connectivity index (χ4v) is 3.55. The Labute approximate surface area is 132 Å². The third kappa shape index (κ3) is 4.01. The Bertz CT molecular complexity index is 481. The molecule has 1 aliphatic rings. The van der Waals surface area contributed by atoms with E-state index >= 15 is 0 Å². The van der Waals surface area contributed by atoms with Crippen molar-refractivity contribution in [3.05, 3.63) is 24.3 Å². The molecular formula is C17H26N2OS. The van der Waals surface area contributed by atoms with Gasteiger partial charge in [0.2, 0.25) is 5.91 Å². The van der Waals surface area contributed by atoms with Crippen molar-refractivity contribution in [2.24, 2.45) is 11.3 Å². The van der Waals surface area contributed by atoms with E-state index in [9.17, 15) is 4.79 Å². The Balaban J connectivity index is 2.09. The molecule has 1 amide bonds. The molecule has 1 aliphatic heterocycles. The average molecular weight is 306 g/mol. The summed E-state index contributed by atoms with van der Waals surface area (Å²) in [6.07, 6.45) is 2.28. The number of nitrogens with one attached hydrogen (secondary N) is 2. The van der Waals surface area contributed by atoms with Crippen molar-refractivity contribution in [2.75, 3.05) is 24.2 Å². The normalized spacial score (nSPS) is 19.3. The minimum Gasteiger partial charge on any atom is -0.325 e.